The van der Waals surface area contributed by atoms with Crippen molar-refractivity contribution in [1.29, 1.82) is 0 Å². The molecular weight excluding hydrogens is 176 g/mol. The van der Waals surface area contributed by atoms with Gasteiger partial charge in [0, 0.05) is 0 Å². The summed E-state index contributed by atoms with van der Waals surface area (Å²) in [5.41, 5.74) is 0.252. The van der Waals surface area contributed by atoms with Gasteiger partial charge in [-0.2, -0.15) is 4.80 Å². The highest BCUT2D eigenvalue weighted by Gasteiger charge is 2.20. The van der Waals surface area contributed by atoms with E-state index < -0.39 is 0 Å². The smallest absolute Gasteiger partial charge is 0.162 e. The van der Waals surface area contributed by atoms with Crippen molar-refractivity contribution in [3.05, 3.63) is 30.6 Å². The zero-order chi connectivity index (χ0) is 9.86. The minimum atomic E-state index is 0.252. The Morgan fingerprint density at radius 3 is 3.00 bits per heavy atom. The highest BCUT2D eigenvalue weighted by atomic mass is 15.6. The molecule has 1 atom stereocenters. The molecule has 1 aliphatic rings. The fourth-order valence-electron chi connectivity index (χ4n) is 1.60. The third kappa shape index (κ3) is 2.07. The molecule has 0 aromatic carbocycles. The molecule has 0 amide bonds. The van der Waals surface area contributed by atoms with Crippen molar-refractivity contribution in [3.8, 4) is 0 Å². The highest BCUT2D eigenvalue weighted by Crippen LogP contribution is 2.31. The van der Waals surface area contributed by atoms with E-state index in [4.69, 9.17) is 0 Å². The molecule has 0 N–H and O–H groups in total. The molecule has 14 heavy (non-hydrogen) atoms. The monoisotopic (exact) mass is 190 g/mol. The molecule has 4 heteroatoms. The average Bonchev–Trinajstić information content (AvgIpc) is 2.69. The van der Waals surface area contributed by atoms with Crippen LogP contribution in [0.1, 0.15) is 19.8 Å². The molecular formula is C10H14N4. The summed E-state index contributed by atoms with van der Waals surface area (Å²) in [4.78, 5) is 1.64. The summed E-state index contributed by atoms with van der Waals surface area (Å²) in [5.74, 6) is 0. The van der Waals surface area contributed by atoms with Crippen molar-refractivity contribution in [1.82, 2.24) is 20.2 Å². The first kappa shape index (κ1) is 9.12. The first-order chi connectivity index (χ1) is 6.79. The van der Waals surface area contributed by atoms with Crippen LogP contribution in [0.25, 0.3) is 0 Å². The summed E-state index contributed by atoms with van der Waals surface area (Å²) in [6.45, 7) is 3.08. The Labute approximate surface area is 83.3 Å². The van der Waals surface area contributed by atoms with E-state index in [9.17, 15) is 0 Å². The first-order valence-electron chi connectivity index (χ1n) is 4.84. The summed E-state index contributed by atoms with van der Waals surface area (Å²) >= 11 is 0. The SMILES string of the molecule is CC1(CCn2ncnn2)C=CC=CC1. The molecule has 0 radical (unpaired) electrons. The molecule has 0 saturated heterocycles. The van der Waals surface area contributed by atoms with E-state index in [1.165, 1.54) is 6.33 Å². The van der Waals surface area contributed by atoms with E-state index in [-0.39, 0.29) is 5.41 Å². The molecule has 0 fully saturated rings. The molecule has 74 valence electrons. The molecule has 0 bridgehead atoms. The predicted molar refractivity (Wildman–Crippen MR) is 53.4 cm³/mol. The first-order valence-corrected chi connectivity index (χ1v) is 4.84. The predicted octanol–water partition coefficient (Wildman–Crippen LogP) is 1.59. The molecule has 0 aliphatic heterocycles. The van der Waals surface area contributed by atoms with Gasteiger partial charge in [-0.3, -0.25) is 0 Å². The maximum Gasteiger partial charge on any atom is 0.162 e. The summed E-state index contributed by atoms with van der Waals surface area (Å²) in [6.07, 6.45) is 12.3. The van der Waals surface area contributed by atoms with Gasteiger partial charge in [-0.05, 0) is 23.5 Å². The molecule has 4 nitrogen and oxygen atoms in total. The number of hydrogen-bond acceptors (Lipinski definition) is 3. The maximum atomic E-state index is 3.98. The van der Waals surface area contributed by atoms with E-state index in [1.54, 1.807) is 4.80 Å². The Kier molecular flexibility index (Phi) is 2.43. The van der Waals surface area contributed by atoms with Gasteiger partial charge in [-0.15, -0.1) is 10.2 Å². The van der Waals surface area contributed by atoms with E-state index in [0.717, 1.165) is 19.4 Å². The Bertz CT molecular complexity index is 339. The van der Waals surface area contributed by atoms with Crippen molar-refractivity contribution < 1.29 is 0 Å². The van der Waals surface area contributed by atoms with Gasteiger partial charge in [0.1, 0.15) is 0 Å². The molecule has 0 spiro atoms. The van der Waals surface area contributed by atoms with Crippen molar-refractivity contribution in [2.24, 2.45) is 5.41 Å². The number of rotatable bonds is 3. The minimum absolute atomic E-state index is 0.252. The van der Waals surface area contributed by atoms with Crippen LogP contribution in [-0.4, -0.2) is 20.2 Å². The van der Waals surface area contributed by atoms with Gasteiger partial charge in [0.05, 0.1) is 6.54 Å². The van der Waals surface area contributed by atoms with Crippen LogP contribution in [0.2, 0.25) is 0 Å². The van der Waals surface area contributed by atoms with Crippen molar-refractivity contribution in [2.75, 3.05) is 0 Å². The second kappa shape index (κ2) is 3.74. The quantitative estimate of drug-likeness (QED) is 0.727. The maximum absolute atomic E-state index is 3.98. The molecule has 1 aromatic heterocycles. The van der Waals surface area contributed by atoms with Crippen molar-refractivity contribution >= 4 is 0 Å². The van der Waals surface area contributed by atoms with Crippen molar-refractivity contribution in [3.63, 3.8) is 0 Å². The summed E-state index contributed by atoms with van der Waals surface area (Å²) in [5, 5.41) is 11.5. The zero-order valence-corrected chi connectivity index (χ0v) is 8.30. The molecule has 2 rings (SSSR count). The number of aryl methyl sites for hydroxylation is 1. The lowest BCUT2D eigenvalue weighted by atomic mass is 9.81. The van der Waals surface area contributed by atoms with Crippen LogP contribution in [0, 0.1) is 5.41 Å². The van der Waals surface area contributed by atoms with Gasteiger partial charge in [-0.25, -0.2) is 0 Å². The van der Waals surface area contributed by atoms with Crippen LogP contribution in [-0.2, 0) is 6.54 Å². The van der Waals surface area contributed by atoms with Crippen molar-refractivity contribution in [2.45, 2.75) is 26.3 Å². The minimum Gasteiger partial charge on any atom is -0.164 e. The lowest BCUT2D eigenvalue weighted by Crippen LogP contribution is -2.18. The molecule has 1 unspecified atom stereocenters. The normalized spacial score (nSPS) is 25.5. The van der Waals surface area contributed by atoms with Crippen LogP contribution in [0.4, 0.5) is 0 Å². The second-order valence-corrected chi connectivity index (χ2v) is 3.93. The van der Waals surface area contributed by atoms with E-state index in [0.29, 0.717) is 0 Å². The molecule has 1 aromatic rings. The van der Waals surface area contributed by atoms with Crippen LogP contribution in [0.3, 0.4) is 0 Å². The summed E-state index contributed by atoms with van der Waals surface area (Å²) in [7, 11) is 0. The van der Waals surface area contributed by atoms with Gasteiger partial charge >= 0.3 is 0 Å². The Balaban J connectivity index is 1.91. The third-order valence-electron chi connectivity index (χ3n) is 2.60. The fraction of sp³-hybridized carbons (Fsp3) is 0.500. The largest absolute Gasteiger partial charge is 0.164 e. The Hall–Kier alpha value is -1.45. The number of allylic oxidation sites excluding steroid dienone is 4. The standard InChI is InChI=1S/C10H14N4/c1-10(5-3-2-4-6-10)7-8-14-12-9-11-13-14/h2-5,9H,6-8H2,1H3. The van der Waals surface area contributed by atoms with Gasteiger partial charge < -0.3 is 0 Å². The van der Waals surface area contributed by atoms with Gasteiger partial charge in [0.2, 0.25) is 0 Å². The van der Waals surface area contributed by atoms with Crippen LogP contribution < -0.4 is 0 Å². The number of nitrogens with zero attached hydrogens (tertiary/aromatic N) is 4. The molecule has 1 heterocycles. The number of aromatic nitrogens is 4. The van der Waals surface area contributed by atoms with Gasteiger partial charge in [-0.1, -0.05) is 31.2 Å². The van der Waals surface area contributed by atoms with E-state index in [1.807, 2.05) is 0 Å². The third-order valence-corrected chi connectivity index (χ3v) is 2.60. The molecule has 1 aliphatic carbocycles. The zero-order valence-electron chi connectivity index (χ0n) is 8.30. The van der Waals surface area contributed by atoms with Crippen LogP contribution >= 0.6 is 0 Å². The van der Waals surface area contributed by atoms with Crippen LogP contribution in [0.5, 0.6) is 0 Å². The highest BCUT2D eigenvalue weighted by molar-refractivity contribution is 5.15. The summed E-state index contributed by atoms with van der Waals surface area (Å²) < 4.78 is 0. The summed E-state index contributed by atoms with van der Waals surface area (Å²) in [6, 6.07) is 0. The lowest BCUT2D eigenvalue weighted by Gasteiger charge is -2.25. The average molecular weight is 190 g/mol. The topological polar surface area (TPSA) is 43.6 Å². The van der Waals surface area contributed by atoms with E-state index in [2.05, 4.69) is 46.6 Å². The van der Waals surface area contributed by atoms with E-state index >= 15 is 0 Å². The van der Waals surface area contributed by atoms with Gasteiger partial charge in [0.15, 0.2) is 6.33 Å². The van der Waals surface area contributed by atoms with Crippen LogP contribution in [0.15, 0.2) is 30.6 Å². The Morgan fingerprint density at radius 2 is 2.36 bits per heavy atom. The number of hydrogen-bond donors (Lipinski definition) is 0. The fourth-order valence-corrected chi connectivity index (χ4v) is 1.60. The molecule has 0 saturated carbocycles. The number of tetrazole rings is 1. The second-order valence-electron chi connectivity index (χ2n) is 3.93. The Morgan fingerprint density at radius 1 is 1.43 bits per heavy atom. The van der Waals surface area contributed by atoms with Gasteiger partial charge in [0.25, 0.3) is 0 Å². The lowest BCUT2D eigenvalue weighted by molar-refractivity contribution is 0.338.